The molecule has 0 bridgehead atoms. The fourth-order valence-electron chi connectivity index (χ4n) is 4.04. The number of carbonyl (C=O) groups is 2. The van der Waals surface area contributed by atoms with Crippen molar-refractivity contribution < 1.29 is 14.3 Å². The second-order valence-corrected chi connectivity index (χ2v) is 8.56. The van der Waals surface area contributed by atoms with E-state index in [1.54, 1.807) is 42.3 Å². The maximum absolute atomic E-state index is 13.3. The summed E-state index contributed by atoms with van der Waals surface area (Å²) >= 11 is 12.7. The lowest BCUT2D eigenvalue weighted by atomic mass is 9.90. The zero-order valence-electron chi connectivity index (χ0n) is 18.7. The van der Waals surface area contributed by atoms with E-state index in [0.717, 1.165) is 11.1 Å². The van der Waals surface area contributed by atoms with E-state index in [9.17, 15) is 9.59 Å². The molecular formula is C24H26Cl2N4O3. The highest BCUT2D eigenvalue weighted by Crippen LogP contribution is 2.32. The monoisotopic (exact) mass is 488 g/mol. The summed E-state index contributed by atoms with van der Waals surface area (Å²) in [5, 5.41) is 0.736. The van der Waals surface area contributed by atoms with Crippen LogP contribution < -0.4 is 16.2 Å². The first-order valence-electron chi connectivity index (χ1n) is 10.3. The average molecular weight is 489 g/mol. The number of carbonyl (C=O) groups excluding carboxylic acids is 2. The molecule has 2 aromatic carbocycles. The number of primary amides is 1. The molecule has 2 amide bonds. The molecule has 1 atom stereocenters. The Balaban J connectivity index is 1.95. The highest BCUT2D eigenvalue weighted by Gasteiger charge is 2.32. The maximum atomic E-state index is 13.3. The van der Waals surface area contributed by atoms with Crippen LogP contribution in [-0.4, -0.2) is 49.2 Å². The predicted octanol–water partition coefficient (Wildman–Crippen LogP) is 3.60. The van der Waals surface area contributed by atoms with Crippen LogP contribution in [0.4, 0.5) is 0 Å². The third-order valence-electron chi connectivity index (χ3n) is 5.66. The SMILES string of the molecule is CN=C(C1=C(N)C(C)N(C(=O)c2cccc(OC)c2Cl)CC1)c1cc(Cl)cc(CC(N)=O)c1. The van der Waals surface area contributed by atoms with Gasteiger partial charge >= 0.3 is 0 Å². The summed E-state index contributed by atoms with van der Waals surface area (Å²) in [6, 6.07) is 10.0. The van der Waals surface area contributed by atoms with Crippen molar-refractivity contribution in [2.24, 2.45) is 16.5 Å². The first kappa shape index (κ1) is 24.6. The van der Waals surface area contributed by atoms with E-state index in [1.165, 1.54) is 7.11 Å². The first-order chi connectivity index (χ1) is 15.7. The van der Waals surface area contributed by atoms with Crippen LogP contribution in [-0.2, 0) is 11.2 Å². The van der Waals surface area contributed by atoms with Gasteiger partial charge in [-0.25, -0.2) is 0 Å². The number of hydrogen-bond donors (Lipinski definition) is 2. The average Bonchev–Trinajstić information content (AvgIpc) is 2.76. The molecule has 1 unspecified atom stereocenters. The molecule has 1 heterocycles. The highest BCUT2D eigenvalue weighted by atomic mass is 35.5. The van der Waals surface area contributed by atoms with E-state index >= 15 is 0 Å². The predicted molar refractivity (Wildman–Crippen MR) is 131 cm³/mol. The van der Waals surface area contributed by atoms with Gasteiger partial charge in [-0.05, 0) is 49.2 Å². The van der Waals surface area contributed by atoms with Crippen molar-refractivity contribution >= 4 is 40.7 Å². The number of hydrogen-bond acceptors (Lipinski definition) is 5. The number of nitrogens with two attached hydrogens (primary N) is 2. The Morgan fingerprint density at radius 3 is 2.61 bits per heavy atom. The minimum atomic E-state index is -0.450. The van der Waals surface area contributed by atoms with E-state index < -0.39 is 5.91 Å². The van der Waals surface area contributed by atoms with Gasteiger partial charge in [-0.2, -0.15) is 0 Å². The normalized spacial score (nSPS) is 16.7. The Kier molecular flexibility index (Phi) is 7.66. The van der Waals surface area contributed by atoms with Crippen LogP contribution in [0.1, 0.15) is 34.8 Å². The third-order valence-corrected chi connectivity index (χ3v) is 6.27. The van der Waals surface area contributed by atoms with E-state index in [0.29, 0.717) is 46.3 Å². The van der Waals surface area contributed by atoms with Crippen LogP contribution in [0.3, 0.4) is 0 Å². The third kappa shape index (κ3) is 5.15. The molecule has 0 spiro atoms. The summed E-state index contributed by atoms with van der Waals surface area (Å²) in [6.07, 6.45) is 0.562. The topological polar surface area (TPSA) is 111 Å². The summed E-state index contributed by atoms with van der Waals surface area (Å²) < 4.78 is 5.23. The van der Waals surface area contributed by atoms with Crippen LogP contribution in [0.15, 0.2) is 52.7 Å². The molecule has 0 radical (unpaired) electrons. The Morgan fingerprint density at radius 1 is 1.24 bits per heavy atom. The number of benzene rings is 2. The summed E-state index contributed by atoms with van der Waals surface area (Å²) in [7, 11) is 3.17. The lowest BCUT2D eigenvalue weighted by molar-refractivity contribution is -0.117. The Hall–Kier alpha value is -3.03. The van der Waals surface area contributed by atoms with Gasteiger partial charge in [0, 0.05) is 35.4 Å². The van der Waals surface area contributed by atoms with Crippen LogP contribution in [0, 0.1) is 0 Å². The molecular weight excluding hydrogens is 463 g/mol. The summed E-state index contributed by atoms with van der Waals surface area (Å²) in [6.45, 7) is 2.29. The maximum Gasteiger partial charge on any atom is 0.256 e. The molecule has 9 heteroatoms. The van der Waals surface area contributed by atoms with E-state index in [4.69, 9.17) is 39.4 Å². The lowest BCUT2D eigenvalue weighted by Gasteiger charge is -2.36. The van der Waals surface area contributed by atoms with Crippen molar-refractivity contribution in [3.63, 3.8) is 0 Å². The molecule has 0 saturated heterocycles. The zero-order valence-corrected chi connectivity index (χ0v) is 20.2. The van der Waals surface area contributed by atoms with Crippen molar-refractivity contribution in [3.05, 3.63) is 74.4 Å². The van der Waals surface area contributed by atoms with E-state index in [2.05, 4.69) is 4.99 Å². The van der Waals surface area contributed by atoms with Gasteiger partial charge in [-0.3, -0.25) is 14.6 Å². The van der Waals surface area contributed by atoms with E-state index in [-0.39, 0.29) is 23.4 Å². The van der Waals surface area contributed by atoms with Crippen molar-refractivity contribution in [1.29, 1.82) is 0 Å². The van der Waals surface area contributed by atoms with Gasteiger partial charge in [0.05, 0.1) is 35.9 Å². The summed E-state index contributed by atoms with van der Waals surface area (Å²) in [5.74, 6) is -0.243. The fourth-order valence-corrected chi connectivity index (χ4v) is 4.58. The molecule has 0 aromatic heterocycles. The van der Waals surface area contributed by atoms with Gasteiger partial charge in [0.25, 0.3) is 5.91 Å². The zero-order chi connectivity index (χ0) is 24.3. The largest absolute Gasteiger partial charge is 0.495 e. The number of amides is 2. The van der Waals surface area contributed by atoms with Gasteiger partial charge < -0.3 is 21.1 Å². The highest BCUT2D eigenvalue weighted by molar-refractivity contribution is 6.35. The quantitative estimate of drug-likeness (QED) is 0.604. The van der Waals surface area contributed by atoms with Gasteiger partial charge in [0.15, 0.2) is 0 Å². The first-order valence-corrected chi connectivity index (χ1v) is 11.1. The molecule has 0 saturated carbocycles. The molecule has 2 aromatic rings. The van der Waals surface area contributed by atoms with Gasteiger partial charge in [0.1, 0.15) is 5.75 Å². The van der Waals surface area contributed by atoms with E-state index in [1.807, 2.05) is 13.0 Å². The van der Waals surface area contributed by atoms with Crippen LogP contribution in [0.5, 0.6) is 5.75 Å². The minimum absolute atomic E-state index is 0.0685. The van der Waals surface area contributed by atoms with Gasteiger partial charge in [-0.15, -0.1) is 0 Å². The number of aliphatic imine (C=N–C) groups is 1. The van der Waals surface area contributed by atoms with Crippen molar-refractivity contribution in [1.82, 2.24) is 4.90 Å². The molecule has 1 aliphatic heterocycles. The standard InChI is InChI=1S/C24H26Cl2N4O3/c1-13-22(28)18(23(29-2)15-9-14(11-20(27)31)10-16(25)12-15)7-8-30(13)24(32)17-5-4-6-19(33-3)21(17)26/h4-6,9-10,12-13H,7-8,11,28H2,1-3H3,(H2,27,31). The molecule has 4 N–H and O–H groups in total. The molecule has 3 rings (SSSR count). The molecule has 174 valence electrons. The smallest absolute Gasteiger partial charge is 0.256 e. The summed E-state index contributed by atoms with van der Waals surface area (Å²) in [4.78, 5) is 30.8. The van der Waals surface area contributed by atoms with Crippen molar-refractivity contribution in [2.75, 3.05) is 20.7 Å². The minimum Gasteiger partial charge on any atom is -0.495 e. The number of rotatable bonds is 6. The summed E-state index contributed by atoms with van der Waals surface area (Å²) in [5.41, 5.74) is 15.7. The number of methoxy groups -OCH3 is 1. The molecule has 7 nitrogen and oxygen atoms in total. The second kappa shape index (κ2) is 10.3. The van der Waals surface area contributed by atoms with Crippen LogP contribution >= 0.6 is 23.2 Å². The van der Waals surface area contributed by atoms with Gasteiger partial charge in [0.2, 0.25) is 5.91 Å². The number of ether oxygens (including phenoxy) is 1. The van der Waals surface area contributed by atoms with Crippen molar-refractivity contribution in [2.45, 2.75) is 25.8 Å². The molecule has 1 aliphatic rings. The number of halogens is 2. The Labute approximate surface area is 203 Å². The van der Waals surface area contributed by atoms with Crippen molar-refractivity contribution in [3.8, 4) is 5.75 Å². The number of nitrogens with zero attached hydrogens (tertiary/aromatic N) is 2. The Bertz CT molecular complexity index is 1160. The molecule has 0 aliphatic carbocycles. The second-order valence-electron chi connectivity index (χ2n) is 7.74. The molecule has 33 heavy (non-hydrogen) atoms. The fraction of sp³-hybridized carbons (Fsp3) is 0.292. The lowest BCUT2D eigenvalue weighted by Crippen LogP contribution is -2.46. The van der Waals surface area contributed by atoms with Crippen LogP contribution in [0.2, 0.25) is 10.0 Å². The van der Waals surface area contributed by atoms with Crippen LogP contribution in [0.25, 0.3) is 0 Å². The van der Waals surface area contributed by atoms with Gasteiger partial charge in [-0.1, -0.05) is 29.3 Å². The Morgan fingerprint density at radius 2 is 1.97 bits per heavy atom. The molecule has 0 fully saturated rings.